The molecule has 0 radical (unpaired) electrons. The Kier molecular flexibility index (Phi) is 3.85. The van der Waals surface area contributed by atoms with Crippen LogP contribution in [0.15, 0.2) is 47.3 Å². The average molecular weight is 289 g/mol. The van der Waals surface area contributed by atoms with E-state index in [1.54, 1.807) is 29.9 Å². The van der Waals surface area contributed by atoms with Gasteiger partial charge in [0.1, 0.15) is 5.82 Å². The fourth-order valence-corrected chi connectivity index (χ4v) is 3.53. The van der Waals surface area contributed by atoms with E-state index in [-0.39, 0.29) is 11.9 Å². The topological polar surface area (TPSA) is 25.2 Å². The van der Waals surface area contributed by atoms with Crippen LogP contribution in [0.3, 0.4) is 0 Å². The summed E-state index contributed by atoms with van der Waals surface area (Å²) in [6.45, 7) is 2.99. The zero-order valence-electron chi connectivity index (χ0n) is 11.2. The minimum atomic E-state index is -0.180. The molecule has 4 heteroatoms. The molecule has 0 amide bonds. The molecule has 2 aromatic heterocycles. The SMILES string of the molecule is CCNC(Cc1ccoc1)c1cc2ccc(F)cc2s1. The van der Waals surface area contributed by atoms with Crippen molar-refractivity contribution in [2.24, 2.45) is 0 Å². The molecule has 0 aliphatic heterocycles. The van der Waals surface area contributed by atoms with Gasteiger partial charge in [-0.25, -0.2) is 4.39 Å². The first kappa shape index (κ1) is 13.3. The number of nitrogens with one attached hydrogen (secondary N) is 1. The number of likely N-dealkylation sites (N-methyl/N-ethyl adjacent to an activating group) is 1. The Morgan fingerprint density at radius 2 is 2.20 bits per heavy atom. The van der Waals surface area contributed by atoms with Crippen molar-refractivity contribution in [3.63, 3.8) is 0 Å². The van der Waals surface area contributed by atoms with Crippen LogP contribution >= 0.6 is 11.3 Å². The van der Waals surface area contributed by atoms with Crippen LogP contribution in [-0.4, -0.2) is 6.54 Å². The molecule has 3 rings (SSSR count). The Hall–Kier alpha value is -1.65. The quantitative estimate of drug-likeness (QED) is 0.746. The third-order valence-corrected chi connectivity index (χ3v) is 4.53. The normalized spacial score (nSPS) is 12.9. The van der Waals surface area contributed by atoms with E-state index in [0.717, 1.165) is 23.1 Å². The van der Waals surface area contributed by atoms with Crippen molar-refractivity contribution in [2.75, 3.05) is 6.54 Å². The van der Waals surface area contributed by atoms with Gasteiger partial charge >= 0.3 is 0 Å². The van der Waals surface area contributed by atoms with Crippen LogP contribution in [0.5, 0.6) is 0 Å². The summed E-state index contributed by atoms with van der Waals surface area (Å²) in [5.74, 6) is -0.180. The minimum absolute atomic E-state index is 0.180. The van der Waals surface area contributed by atoms with Gasteiger partial charge < -0.3 is 9.73 Å². The second-order valence-electron chi connectivity index (χ2n) is 4.78. The van der Waals surface area contributed by atoms with Crippen molar-refractivity contribution in [3.05, 3.63) is 59.1 Å². The van der Waals surface area contributed by atoms with E-state index in [0.29, 0.717) is 0 Å². The Morgan fingerprint density at radius 3 is 2.95 bits per heavy atom. The number of thiophene rings is 1. The van der Waals surface area contributed by atoms with Gasteiger partial charge in [-0.15, -0.1) is 11.3 Å². The van der Waals surface area contributed by atoms with E-state index in [2.05, 4.69) is 18.3 Å². The number of hydrogen-bond donors (Lipinski definition) is 1. The van der Waals surface area contributed by atoms with Gasteiger partial charge in [-0.1, -0.05) is 13.0 Å². The lowest BCUT2D eigenvalue weighted by Crippen LogP contribution is -2.21. The van der Waals surface area contributed by atoms with E-state index < -0.39 is 0 Å². The molecule has 1 N–H and O–H groups in total. The summed E-state index contributed by atoms with van der Waals surface area (Å²) in [5.41, 5.74) is 1.17. The van der Waals surface area contributed by atoms with Gasteiger partial charge in [0, 0.05) is 15.6 Å². The molecule has 2 nitrogen and oxygen atoms in total. The van der Waals surface area contributed by atoms with E-state index in [1.165, 1.54) is 16.5 Å². The molecule has 1 atom stereocenters. The van der Waals surface area contributed by atoms with E-state index in [9.17, 15) is 4.39 Å². The highest BCUT2D eigenvalue weighted by Gasteiger charge is 2.15. The first-order valence-corrected chi connectivity index (χ1v) is 7.51. The van der Waals surface area contributed by atoms with Crippen LogP contribution in [0.2, 0.25) is 0 Å². The van der Waals surface area contributed by atoms with Crippen LogP contribution in [0.25, 0.3) is 10.1 Å². The van der Waals surface area contributed by atoms with E-state index >= 15 is 0 Å². The average Bonchev–Trinajstić information content (AvgIpc) is 3.06. The molecule has 3 aromatic rings. The van der Waals surface area contributed by atoms with Gasteiger partial charge in [-0.2, -0.15) is 0 Å². The Labute approximate surface area is 121 Å². The van der Waals surface area contributed by atoms with Gasteiger partial charge in [-0.3, -0.25) is 0 Å². The van der Waals surface area contributed by atoms with Crippen molar-refractivity contribution in [1.82, 2.24) is 5.32 Å². The molecule has 0 fully saturated rings. The first-order chi connectivity index (χ1) is 9.76. The Bertz CT molecular complexity index is 690. The fourth-order valence-electron chi connectivity index (χ4n) is 2.36. The molecule has 0 aliphatic carbocycles. The molecule has 1 unspecified atom stereocenters. The first-order valence-electron chi connectivity index (χ1n) is 6.69. The zero-order valence-corrected chi connectivity index (χ0v) is 12.0. The van der Waals surface area contributed by atoms with Gasteiger partial charge in [0.15, 0.2) is 0 Å². The second-order valence-corrected chi connectivity index (χ2v) is 5.89. The maximum absolute atomic E-state index is 13.3. The van der Waals surface area contributed by atoms with Gasteiger partial charge in [0.2, 0.25) is 0 Å². The highest BCUT2D eigenvalue weighted by Crippen LogP contribution is 2.32. The summed E-state index contributed by atoms with van der Waals surface area (Å²) in [6, 6.07) is 9.31. The molecule has 104 valence electrons. The minimum Gasteiger partial charge on any atom is -0.472 e. The molecule has 1 aromatic carbocycles. The molecule has 0 bridgehead atoms. The maximum Gasteiger partial charge on any atom is 0.124 e. The number of benzene rings is 1. The van der Waals surface area contributed by atoms with Crippen molar-refractivity contribution in [3.8, 4) is 0 Å². The van der Waals surface area contributed by atoms with Crippen LogP contribution in [-0.2, 0) is 6.42 Å². The zero-order chi connectivity index (χ0) is 13.9. The largest absolute Gasteiger partial charge is 0.472 e. The molecule has 0 spiro atoms. The lowest BCUT2D eigenvalue weighted by molar-refractivity contribution is 0.540. The standard InChI is InChI=1S/C16H16FNOS/c1-2-18-14(7-11-5-6-19-10-11)16-8-12-3-4-13(17)9-15(12)20-16/h3-6,8-10,14,18H,2,7H2,1H3. The highest BCUT2D eigenvalue weighted by atomic mass is 32.1. The smallest absolute Gasteiger partial charge is 0.124 e. The third-order valence-electron chi connectivity index (χ3n) is 3.32. The summed E-state index contributed by atoms with van der Waals surface area (Å²) in [6.07, 6.45) is 4.34. The number of furan rings is 1. The highest BCUT2D eigenvalue weighted by molar-refractivity contribution is 7.19. The summed E-state index contributed by atoms with van der Waals surface area (Å²) < 4.78 is 19.4. The van der Waals surface area contributed by atoms with Crippen molar-refractivity contribution >= 4 is 21.4 Å². The maximum atomic E-state index is 13.3. The van der Waals surface area contributed by atoms with Crippen LogP contribution < -0.4 is 5.32 Å². The molecule has 0 aliphatic rings. The van der Waals surface area contributed by atoms with Gasteiger partial charge in [0.25, 0.3) is 0 Å². The van der Waals surface area contributed by atoms with E-state index in [4.69, 9.17) is 4.42 Å². The summed E-state index contributed by atoms with van der Waals surface area (Å²) in [5, 5.41) is 4.59. The molecule has 0 saturated heterocycles. The van der Waals surface area contributed by atoms with Crippen LogP contribution in [0, 0.1) is 5.82 Å². The molecular weight excluding hydrogens is 273 g/mol. The second kappa shape index (κ2) is 5.77. The predicted octanol–water partition coefficient (Wildman–Crippen LogP) is 4.53. The lowest BCUT2D eigenvalue weighted by Gasteiger charge is -2.15. The molecular formula is C16H16FNOS. The molecule has 2 heterocycles. The third kappa shape index (κ3) is 2.76. The number of hydrogen-bond acceptors (Lipinski definition) is 3. The summed E-state index contributed by atoms with van der Waals surface area (Å²) >= 11 is 1.65. The fraction of sp³-hybridized carbons (Fsp3) is 0.250. The van der Waals surface area contributed by atoms with Gasteiger partial charge in [0.05, 0.1) is 12.5 Å². The van der Waals surface area contributed by atoms with Crippen molar-refractivity contribution < 1.29 is 8.81 Å². The van der Waals surface area contributed by atoms with Gasteiger partial charge in [-0.05, 0) is 48.2 Å². The number of rotatable bonds is 5. The van der Waals surface area contributed by atoms with Crippen LogP contribution in [0.1, 0.15) is 23.4 Å². The number of fused-ring (bicyclic) bond motifs is 1. The molecule has 0 saturated carbocycles. The van der Waals surface area contributed by atoms with Crippen molar-refractivity contribution in [1.29, 1.82) is 0 Å². The monoisotopic (exact) mass is 289 g/mol. The van der Waals surface area contributed by atoms with Crippen LogP contribution in [0.4, 0.5) is 4.39 Å². The molecule has 20 heavy (non-hydrogen) atoms. The van der Waals surface area contributed by atoms with Crippen molar-refractivity contribution in [2.45, 2.75) is 19.4 Å². The number of halogens is 1. The predicted molar refractivity (Wildman–Crippen MR) is 80.6 cm³/mol. The van der Waals surface area contributed by atoms with E-state index in [1.807, 2.05) is 12.1 Å². The summed E-state index contributed by atoms with van der Waals surface area (Å²) in [7, 11) is 0. The Balaban J connectivity index is 1.92. The summed E-state index contributed by atoms with van der Waals surface area (Å²) in [4.78, 5) is 1.23. The lowest BCUT2D eigenvalue weighted by atomic mass is 10.1. The Morgan fingerprint density at radius 1 is 1.30 bits per heavy atom.